The second kappa shape index (κ2) is 15.5. The van der Waals surface area contributed by atoms with Crippen LogP contribution in [-0.2, 0) is 0 Å². The molecule has 2 heterocycles. The van der Waals surface area contributed by atoms with Gasteiger partial charge in [0, 0.05) is 71.0 Å². The van der Waals surface area contributed by atoms with Crippen molar-refractivity contribution < 1.29 is 0 Å². The molecule has 5 heteroatoms. The first-order chi connectivity index (χ1) is 29.8. The van der Waals surface area contributed by atoms with E-state index in [0.29, 0.717) is 0 Å². The van der Waals surface area contributed by atoms with E-state index in [9.17, 15) is 0 Å². The van der Waals surface area contributed by atoms with Crippen LogP contribution in [0.15, 0.2) is 224 Å². The fraction of sp³-hybridized carbons (Fsp3) is 0. The first-order valence-electron chi connectivity index (χ1n) is 20.1. The molecule has 0 radical (unpaired) electrons. The minimum atomic E-state index is 1.01. The van der Waals surface area contributed by atoms with Crippen molar-refractivity contribution in [2.24, 2.45) is 0 Å². The highest BCUT2D eigenvalue weighted by Crippen LogP contribution is 2.46. The summed E-state index contributed by atoms with van der Waals surface area (Å²) in [6.07, 6.45) is 0. The molecule has 0 aliphatic heterocycles. The van der Waals surface area contributed by atoms with Gasteiger partial charge in [-0.15, -0.1) is 22.7 Å². The van der Waals surface area contributed by atoms with E-state index in [1.54, 1.807) is 11.3 Å². The number of anilines is 6. The van der Waals surface area contributed by atoms with Crippen LogP contribution in [-0.4, -0.2) is 4.98 Å². The third-order valence-corrected chi connectivity index (χ3v) is 13.5. The van der Waals surface area contributed by atoms with Crippen LogP contribution in [0.25, 0.3) is 63.2 Å². The molecule has 0 saturated heterocycles. The quantitative estimate of drug-likeness (QED) is 0.145. The molecule has 0 saturated carbocycles. The summed E-state index contributed by atoms with van der Waals surface area (Å²) in [6, 6.07) is 80.1. The Morgan fingerprint density at radius 3 is 1.27 bits per heavy atom. The Balaban J connectivity index is 1.05. The minimum absolute atomic E-state index is 1.01. The molecule has 0 aliphatic carbocycles. The predicted octanol–water partition coefficient (Wildman–Crippen LogP) is 16.6. The Bertz CT molecular complexity index is 2990. The maximum absolute atomic E-state index is 5.55. The lowest BCUT2D eigenvalue weighted by atomic mass is 9.98. The Hall–Kier alpha value is -7.31. The zero-order valence-electron chi connectivity index (χ0n) is 32.5. The highest BCUT2D eigenvalue weighted by molar-refractivity contribution is 7.27. The van der Waals surface area contributed by atoms with E-state index in [-0.39, 0.29) is 0 Å². The van der Waals surface area contributed by atoms with Gasteiger partial charge in [-0.25, -0.2) is 4.98 Å². The van der Waals surface area contributed by atoms with E-state index in [0.717, 1.165) is 61.3 Å². The van der Waals surface area contributed by atoms with Crippen LogP contribution in [0.4, 0.5) is 34.1 Å². The van der Waals surface area contributed by atoms with Gasteiger partial charge in [0.05, 0.1) is 10.2 Å². The minimum Gasteiger partial charge on any atom is -0.311 e. The first-order valence-corrected chi connectivity index (χ1v) is 21.8. The summed E-state index contributed by atoms with van der Waals surface area (Å²) in [5.41, 5.74) is 13.4. The number of thiazole rings is 1. The highest BCUT2D eigenvalue weighted by Gasteiger charge is 2.20. The van der Waals surface area contributed by atoms with Crippen molar-refractivity contribution >= 4 is 87.2 Å². The van der Waals surface area contributed by atoms with Gasteiger partial charge in [0.2, 0.25) is 0 Å². The normalized spacial score (nSPS) is 11.3. The number of thiophene rings is 1. The molecule has 0 bridgehead atoms. The van der Waals surface area contributed by atoms with Gasteiger partial charge >= 0.3 is 0 Å². The van der Waals surface area contributed by atoms with Gasteiger partial charge in [-0.05, 0) is 90.0 Å². The number of benzene rings is 9. The third kappa shape index (κ3) is 6.51. The average molecular weight is 804 g/mol. The van der Waals surface area contributed by atoms with Crippen LogP contribution in [0.3, 0.4) is 0 Å². The molecule has 60 heavy (non-hydrogen) atoms. The van der Waals surface area contributed by atoms with Crippen molar-refractivity contribution in [3.05, 3.63) is 224 Å². The second-order valence-electron chi connectivity index (χ2n) is 14.7. The van der Waals surface area contributed by atoms with Gasteiger partial charge in [0.15, 0.2) is 0 Å². The molecule has 0 amide bonds. The number of aromatic nitrogens is 1. The molecule has 0 unspecified atom stereocenters. The van der Waals surface area contributed by atoms with Crippen molar-refractivity contribution in [2.75, 3.05) is 9.80 Å². The number of fused-ring (bicyclic) bond motifs is 4. The van der Waals surface area contributed by atoms with Crippen LogP contribution >= 0.6 is 22.7 Å². The summed E-state index contributed by atoms with van der Waals surface area (Å²) in [4.78, 5) is 10.2. The summed E-state index contributed by atoms with van der Waals surface area (Å²) in [5.74, 6) is 0. The third-order valence-electron chi connectivity index (χ3n) is 11.1. The fourth-order valence-electron chi connectivity index (χ4n) is 8.28. The van der Waals surface area contributed by atoms with E-state index in [1.165, 1.54) is 36.0 Å². The molecule has 3 nitrogen and oxygen atoms in total. The summed E-state index contributed by atoms with van der Waals surface area (Å²) in [6.45, 7) is 0. The molecule has 0 N–H and O–H groups in total. The largest absolute Gasteiger partial charge is 0.311 e. The second-order valence-corrected chi connectivity index (χ2v) is 16.8. The zero-order valence-corrected chi connectivity index (χ0v) is 34.2. The van der Waals surface area contributed by atoms with Crippen molar-refractivity contribution in [2.45, 2.75) is 0 Å². The van der Waals surface area contributed by atoms with Crippen molar-refractivity contribution in [1.82, 2.24) is 4.98 Å². The monoisotopic (exact) mass is 803 g/mol. The Kier molecular flexibility index (Phi) is 9.23. The predicted molar refractivity (Wildman–Crippen MR) is 258 cm³/mol. The molecular weight excluding hydrogens is 767 g/mol. The molecular formula is C55H37N3S2. The fourth-order valence-corrected chi connectivity index (χ4v) is 10.7. The summed E-state index contributed by atoms with van der Waals surface area (Å²) in [7, 11) is 0. The van der Waals surface area contributed by atoms with E-state index in [1.807, 2.05) is 11.3 Å². The van der Waals surface area contributed by atoms with Gasteiger partial charge in [-0.1, -0.05) is 146 Å². The van der Waals surface area contributed by atoms with E-state index < -0.39 is 0 Å². The standard InChI is InChI=1S/C55H37N3S2/c1-5-16-40(17-6-1)57(41-18-7-2-8-19-41)44-32-28-38(29-33-44)46-36-37-47(39-30-34-45(35-31-39)58(42-20-9-3-10-21-42)43-22-11-4-12-23-43)54-52(46)56-55(60-54)50-26-15-25-49-48-24-13-14-27-51(48)59-53(49)50/h1-37H. The summed E-state index contributed by atoms with van der Waals surface area (Å²) in [5, 5.41) is 3.60. The number of rotatable bonds is 9. The van der Waals surface area contributed by atoms with Crippen molar-refractivity contribution in [1.29, 1.82) is 0 Å². The molecule has 0 aliphatic rings. The van der Waals surface area contributed by atoms with Crippen LogP contribution in [0.5, 0.6) is 0 Å². The molecule has 0 atom stereocenters. The smallest absolute Gasteiger partial charge is 0.126 e. The van der Waals surface area contributed by atoms with E-state index >= 15 is 0 Å². The van der Waals surface area contributed by atoms with Crippen LogP contribution in [0.1, 0.15) is 0 Å². The van der Waals surface area contributed by atoms with Gasteiger partial charge in [-0.2, -0.15) is 0 Å². The lowest BCUT2D eigenvalue weighted by Gasteiger charge is -2.25. The van der Waals surface area contributed by atoms with Crippen LogP contribution < -0.4 is 9.80 Å². The van der Waals surface area contributed by atoms with Gasteiger partial charge in [-0.3, -0.25) is 0 Å². The molecule has 0 spiro atoms. The zero-order chi connectivity index (χ0) is 39.8. The Labute approximate surface area is 357 Å². The molecule has 0 fully saturated rings. The Morgan fingerprint density at radius 1 is 0.300 bits per heavy atom. The first kappa shape index (κ1) is 35.8. The van der Waals surface area contributed by atoms with Crippen molar-refractivity contribution in [3.63, 3.8) is 0 Å². The van der Waals surface area contributed by atoms with Gasteiger partial charge in [0.1, 0.15) is 5.01 Å². The lowest BCUT2D eigenvalue weighted by Crippen LogP contribution is -2.09. The lowest BCUT2D eigenvalue weighted by molar-refractivity contribution is 1.28. The SMILES string of the molecule is c1ccc(N(c2ccccc2)c2ccc(-c3ccc(-c4ccc(N(c5ccccc5)c5ccccc5)cc4)c4sc(-c5cccc6c5sc5ccccc56)nc34)cc2)cc1. The molecule has 11 aromatic rings. The summed E-state index contributed by atoms with van der Waals surface area (Å²) < 4.78 is 3.75. The molecule has 284 valence electrons. The molecule has 9 aromatic carbocycles. The van der Waals surface area contributed by atoms with Gasteiger partial charge < -0.3 is 9.80 Å². The average Bonchev–Trinajstić information content (AvgIpc) is 3.94. The van der Waals surface area contributed by atoms with Crippen LogP contribution in [0.2, 0.25) is 0 Å². The highest BCUT2D eigenvalue weighted by atomic mass is 32.1. The maximum atomic E-state index is 5.55. The Morgan fingerprint density at radius 2 is 0.733 bits per heavy atom. The summed E-state index contributed by atoms with van der Waals surface area (Å²) >= 11 is 3.64. The number of hydrogen-bond acceptors (Lipinski definition) is 5. The van der Waals surface area contributed by atoms with Crippen molar-refractivity contribution in [3.8, 4) is 32.8 Å². The van der Waals surface area contributed by atoms with Gasteiger partial charge in [0.25, 0.3) is 0 Å². The number of nitrogens with zero attached hydrogens (tertiary/aromatic N) is 3. The van der Waals surface area contributed by atoms with Crippen LogP contribution in [0, 0.1) is 0 Å². The molecule has 11 rings (SSSR count). The van der Waals surface area contributed by atoms with E-state index in [2.05, 4.69) is 234 Å². The molecule has 2 aromatic heterocycles. The van der Waals surface area contributed by atoms with E-state index in [4.69, 9.17) is 4.98 Å². The number of hydrogen-bond donors (Lipinski definition) is 0. The topological polar surface area (TPSA) is 19.4 Å². The maximum Gasteiger partial charge on any atom is 0.126 e. The number of para-hydroxylation sites is 4.